The third kappa shape index (κ3) is 8.96. The molecular formula is C12H24N2O4S. The molecule has 0 radical (unpaired) electrons. The van der Waals surface area contributed by atoms with Crippen LogP contribution in [0.1, 0.15) is 25.7 Å². The van der Waals surface area contributed by atoms with E-state index in [0.29, 0.717) is 13.2 Å². The Hall–Kier alpha value is -0.660. The topological polar surface area (TPSA) is 98.5 Å². The molecule has 0 spiro atoms. The molecule has 0 aromatic carbocycles. The number of hydrogen-bond acceptors (Lipinski definition) is 5. The minimum Gasteiger partial charge on any atom is -0.381 e. The molecular weight excluding hydrogens is 268 g/mol. The van der Waals surface area contributed by atoms with Crippen molar-refractivity contribution >= 4 is 15.7 Å². The van der Waals surface area contributed by atoms with E-state index in [-0.39, 0.29) is 18.1 Å². The number of nitrogens with one attached hydrogen (secondary N) is 1. The molecule has 0 aromatic heterocycles. The summed E-state index contributed by atoms with van der Waals surface area (Å²) in [6.45, 7) is 1.97. The first-order valence-corrected chi connectivity index (χ1v) is 8.73. The van der Waals surface area contributed by atoms with Gasteiger partial charge in [-0.1, -0.05) is 0 Å². The van der Waals surface area contributed by atoms with E-state index in [2.05, 4.69) is 5.32 Å². The van der Waals surface area contributed by atoms with Gasteiger partial charge in [-0.15, -0.1) is 0 Å². The van der Waals surface area contributed by atoms with Gasteiger partial charge in [0, 0.05) is 26.0 Å². The highest BCUT2D eigenvalue weighted by Crippen LogP contribution is 2.28. The average molecular weight is 292 g/mol. The zero-order valence-electron chi connectivity index (χ0n) is 11.4. The second kappa shape index (κ2) is 7.81. The quantitative estimate of drug-likeness (QED) is 0.538. The highest BCUT2D eigenvalue weighted by atomic mass is 32.2. The van der Waals surface area contributed by atoms with Crippen molar-refractivity contribution in [3.8, 4) is 0 Å². The van der Waals surface area contributed by atoms with E-state index >= 15 is 0 Å². The Morgan fingerprint density at radius 2 is 2.16 bits per heavy atom. The van der Waals surface area contributed by atoms with E-state index in [4.69, 9.17) is 10.5 Å². The van der Waals surface area contributed by atoms with Gasteiger partial charge in [-0.25, -0.2) is 8.42 Å². The van der Waals surface area contributed by atoms with Crippen LogP contribution in [0.2, 0.25) is 0 Å². The van der Waals surface area contributed by atoms with Crippen LogP contribution < -0.4 is 11.1 Å². The minimum absolute atomic E-state index is 0.0634. The maximum Gasteiger partial charge on any atom is 0.236 e. The summed E-state index contributed by atoms with van der Waals surface area (Å²) in [5, 5.41) is 2.68. The number of amides is 1. The third-order valence-electron chi connectivity index (χ3n) is 2.95. The van der Waals surface area contributed by atoms with Crippen LogP contribution in [-0.2, 0) is 19.4 Å². The summed E-state index contributed by atoms with van der Waals surface area (Å²) in [6.07, 6.45) is 4.58. The highest BCUT2D eigenvalue weighted by molar-refractivity contribution is 7.90. The molecule has 0 aliphatic heterocycles. The fourth-order valence-corrected chi connectivity index (χ4v) is 2.21. The lowest BCUT2D eigenvalue weighted by Gasteiger charge is -2.11. The Kier molecular flexibility index (Phi) is 6.74. The summed E-state index contributed by atoms with van der Waals surface area (Å²) >= 11 is 0. The summed E-state index contributed by atoms with van der Waals surface area (Å²) in [7, 11) is -3.07. The molecule has 3 N–H and O–H groups in total. The third-order valence-corrected chi connectivity index (χ3v) is 3.93. The average Bonchev–Trinajstić information content (AvgIpc) is 3.13. The molecule has 0 heterocycles. The molecule has 7 heteroatoms. The number of carbonyl (C=O) groups is 1. The zero-order valence-corrected chi connectivity index (χ0v) is 12.2. The van der Waals surface area contributed by atoms with E-state index in [1.807, 2.05) is 0 Å². The van der Waals surface area contributed by atoms with E-state index in [1.54, 1.807) is 0 Å². The smallest absolute Gasteiger partial charge is 0.236 e. The molecule has 1 saturated carbocycles. The van der Waals surface area contributed by atoms with E-state index in [1.165, 1.54) is 12.8 Å². The monoisotopic (exact) mass is 292 g/mol. The highest BCUT2D eigenvalue weighted by Gasteiger charge is 2.20. The Morgan fingerprint density at radius 1 is 1.47 bits per heavy atom. The van der Waals surface area contributed by atoms with Crippen molar-refractivity contribution in [2.75, 3.05) is 31.8 Å². The Labute approximate surface area is 115 Å². The molecule has 1 amide bonds. The lowest BCUT2D eigenvalue weighted by molar-refractivity contribution is -0.122. The summed E-state index contributed by atoms with van der Waals surface area (Å²) in [5.41, 5.74) is 5.61. The molecule has 112 valence electrons. The molecule has 0 aromatic rings. The summed E-state index contributed by atoms with van der Waals surface area (Å²) < 4.78 is 27.3. The molecule has 0 saturated heterocycles. The molecule has 1 atom stereocenters. The van der Waals surface area contributed by atoms with Crippen LogP contribution in [0, 0.1) is 5.92 Å². The second-order valence-electron chi connectivity index (χ2n) is 5.19. The number of nitrogens with two attached hydrogens (primary N) is 1. The van der Waals surface area contributed by atoms with Gasteiger partial charge in [0.15, 0.2) is 0 Å². The molecule has 1 fully saturated rings. The fraction of sp³-hybridized carbons (Fsp3) is 0.917. The second-order valence-corrected chi connectivity index (χ2v) is 7.45. The standard InChI is InChI=1S/C12H24N2O4S/c1-19(16,17)8-5-11(13)12(15)14-6-2-7-18-9-10-3-4-10/h10-11H,2-9,13H2,1H3,(H,14,15). The number of sulfone groups is 1. The molecule has 6 nitrogen and oxygen atoms in total. The van der Waals surface area contributed by atoms with Gasteiger partial charge in [0.1, 0.15) is 9.84 Å². The van der Waals surface area contributed by atoms with Crippen LogP contribution in [0.15, 0.2) is 0 Å². The number of ether oxygens (including phenoxy) is 1. The van der Waals surface area contributed by atoms with Crippen molar-refractivity contribution in [1.82, 2.24) is 5.32 Å². The maximum atomic E-state index is 11.5. The van der Waals surface area contributed by atoms with E-state index < -0.39 is 15.9 Å². The summed E-state index contributed by atoms with van der Waals surface area (Å²) in [4.78, 5) is 11.5. The van der Waals surface area contributed by atoms with Crippen LogP contribution in [-0.4, -0.2) is 52.1 Å². The molecule has 1 rings (SSSR count). The van der Waals surface area contributed by atoms with E-state index in [0.717, 1.165) is 25.2 Å². The van der Waals surface area contributed by atoms with Crippen LogP contribution >= 0.6 is 0 Å². The first-order valence-electron chi connectivity index (χ1n) is 6.67. The molecule has 0 bridgehead atoms. The lowest BCUT2D eigenvalue weighted by atomic mass is 10.2. The van der Waals surface area contributed by atoms with Crippen LogP contribution in [0.4, 0.5) is 0 Å². The van der Waals surface area contributed by atoms with Crippen LogP contribution in [0.5, 0.6) is 0 Å². The molecule has 1 aliphatic rings. The van der Waals surface area contributed by atoms with Gasteiger partial charge in [-0.05, 0) is 31.6 Å². The maximum absolute atomic E-state index is 11.5. The summed E-state index contributed by atoms with van der Waals surface area (Å²) in [5.74, 6) is 0.386. The first kappa shape index (κ1) is 16.4. The van der Waals surface area contributed by atoms with Crippen LogP contribution in [0.3, 0.4) is 0 Å². The molecule has 1 aliphatic carbocycles. The Balaban J connectivity index is 1.98. The summed E-state index contributed by atoms with van der Waals surface area (Å²) in [6, 6.07) is -0.762. The van der Waals surface area contributed by atoms with Crippen molar-refractivity contribution in [2.45, 2.75) is 31.7 Å². The van der Waals surface area contributed by atoms with Crippen LogP contribution in [0.25, 0.3) is 0 Å². The molecule has 19 heavy (non-hydrogen) atoms. The number of carbonyl (C=O) groups excluding carboxylic acids is 1. The van der Waals surface area contributed by atoms with Crippen molar-refractivity contribution in [1.29, 1.82) is 0 Å². The fourth-order valence-electron chi connectivity index (χ4n) is 1.52. The van der Waals surface area contributed by atoms with Crippen molar-refractivity contribution in [2.24, 2.45) is 11.7 Å². The van der Waals surface area contributed by atoms with Crippen molar-refractivity contribution < 1.29 is 17.9 Å². The van der Waals surface area contributed by atoms with Gasteiger partial charge >= 0.3 is 0 Å². The zero-order chi connectivity index (χ0) is 14.3. The van der Waals surface area contributed by atoms with Gasteiger partial charge in [-0.3, -0.25) is 4.79 Å². The van der Waals surface area contributed by atoms with Gasteiger partial charge in [-0.2, -0.15) is 0 Å². The predicted molar refractivity (Wildman–Crippen MR) is 73.5 cm³/mol. The van der Waals surface area contributed by atoms with E-state index in [9.17, 15) is 13.2 Å². The Bertz CT molecular complexity index is 379. The number of hydrogen-bond donors (Lipinski definition) is 2. The SMILES string of the molecule is CS(=O)(=O)CCC(N)C(=O)NCCCOCC1CC1. The first-order chi connectivity index (χ1) is 8.88. The van der Waals surface area contributed by atoms with Gasteiger partial charge in [0.05, 0.1) is 11.8 Å². The largest absolute Gasteiger partial charge is 0.381 e. The normalized spacial score (nSPS) is 17.2. The Morgan fingerprint density at radius 3 is 2.74 bits per heavy atom. The molecule has 1 unspecified atom stereocenters. The minimum atomic E-state index is -3.07. The van der Waals surface area contributed by atoms with Gasteiger partial charge in [0.2, 0.25) is 5.91 Å². The lowest BCUT2D eigenvalue weighted by Crippen LogP contribution is -2.42. The van der Waals surface area contributed by atoms with Crippen molar-refractivity contribution in [3.63, 3.8) is 0 Å². The predicted octanol–water partition coefficient (Wildman–Crippen LogP) is -0.319. The van der Waals surface area contributed by atoms with Crippen molar-refractivity contribution in [3.05, 3.63) is 0 Å². The van der Waals surface area contributed by atoms with Gasteiger partial charge < -0.3 is 15.8 Å². The van der Waals surface area contributed by atoms with Gasteiger partial charge in [0.25, 0.3) is 0 Å². The number of rotatable bonds is 10.